The Morgan fingerprint density at radius 2 is 1.79 bits per heavy atom. The van der Waals surface area contributed by atoms with E-state index in [1.165, 1.54) is 11.0 Å². The third-order valence-corrected chi connectivity index (χ3v) is 4.18. The first-order valence-corrected chi connectivity index (χ1v) is 7.71. The van der Waals surface area contributed by atoms with Crippen LogP contribution in [0.3, 0.4) is 0 Å². The number of alkyl halides is 3. The van der Waals surface area contributed by atoms with Crippen LogP contribution in [-0.4, -0.2) is 15.9 Å². The molecule has 2 aromatic rings. The fourth-order valence-corrected chi connectivity index (χ4v) is 2.90. The molecule has 1 amide bonds. The predicted molar refractivity (Wildman–Crippen MR) is 94.6 cm³/mol. The number of hydrogen-bond donors (Lipinski definition) is 2. The molecule has 2 aromatic carbocycles. The number of anilines is 2. The van der Waals surface area contributed by atoms with E-state index in [4.69, 9.17) is 5.73 Å². The highest BCUT2D eigenvalue weighted by Crippen LogP contribution is 2.44. The van der Waals surface area contributed by atoms with E-state index in [1.54, 1.807) is 0 Å². The van der Waals surface area contributed by atoms with E-state index in [0.717, 1.165) is 36.4 Å². The molecule has 0 unspecified atom stereocenters. The third kappa shape index (κ3) is 3.04. The van der Waals surface area contributed by atoms with Crippen LogP contribution in [0.2, 0.25) is 0 Å². The highest BCUT2D eigenvalue weighted by Gasteiger charge is 2.34. The van der Waals surface area contributed by atoms with Crippen molar-refractivity contribution in [2.24, 2.45) is 5.73 Å². The fraction of sp³-hybridized carbons (Fsp3) is 0.0556. The topological polar surface area (TPSA) is 110 Å². The molecule has 1 aliphatic rings. The number of carbonyl (C=O) groups is 1. The number of nitro benzene ring substituents is 1. The molecule has 0 fully saturated rings. The molecule has 0 radical (unpaired) electrons. The summed E-state index contributed by atoms with van der Waals surface area (Å²) in [6, 6.07) is 7.49. The summed E-state index contributed by atoms with van der Waals surface area (Å²) in [6.45, 7) is 3.70. The molecule has 144 valence electrons. The van der Waals surface area contributed by atoms with Crippen molar-refractivity contribution < 1.29 is 28.0 Å². The molecule has 7 nitrogen and oxygen atoms in total. The molecule has 3 rings (SSSR count). The van der Waals surface area contributed by atoms with Crippen molar-refractivity contribution in [1.82, 2.24) is 0 Å². The van der Waals surface area contributed by atoms with Gasteiger partial charge in [-0.05, 0) is 30.3 Å². The van der Waals surface area contributed by atoms with Crippen LogP contribution in [0.1, 0.15) is 11.1 Å². The van der Waals surface area contributed by atoms with Crippen molar-refractivity contribution in [3.05, 3.63) is 81.6 Å². The molecule has 0 spiro atoms. The lowest BCUT2D eigenvalue weighted by atomic mass is 9.96. The number of nitrogens with zero attached hydrogens (tertiary/aromatic N) is 2. The fourth-order valence-electron chi connectivity index (χ4n) is 2.90. The minimum absolute atomic E-state index is 0.0738. The van der Waals surface area contributed by atoms with Gasteiger partial charge >= 0.3 is 6.18 Å². The van der Waals surface area contributed by atoms with Crippen LogP contribution in [0, 0.1) is 10.1 Å². The molecular weight excluding hydrogens is 379 g/mol. The summed E-state index contributed by atoms with van der Waals surface area (Å²) in [5.41, 5.74) is 3.91. The molecule has 0 aliphatic carbocycles. The van der Waals surface area contributed by atoms with Crippen LogP contribution < -0.4 is 10.6 Å². The Morgan fingerprint density at radius 3 is 2.29 bits per heavy atom. The van der Waals surface area contributed by atoms with Crippen molar-refractivity contribution in [3.63, 3.8) is 0 Å². The first kappa shape index (κ1) is 19.0. The van der Waals surface area contributed by atoms with Crippen molar-refractivity contribution in [3.8, 4) is 0 Å². The predicted octanol–water partition coefficient (Wildman–Crippen LogP) is 4.03. The number of halogens is 3. The first-order valence-electron chi connectivity index (χ1n) is 7.71. The lowest BCUT2D eigenvalue weighted by Crippen LogP contribution is -2.29. The van der Waals surface area contributed by atoms with Gasteiger partial charge in [-0.3, -0.25) is 14.9 Å². The van der Waals surface area contributed by atoms with Crippen molar-refractivity contribution in [2.75, 3.05) is 4.90 Å². The Kier molecular flexibility index (Phi) is 4.34. The zero-order chi connectivity index (χ0) is 20.8. The SMILES string of the molecule is C=C1C(C(N)=O)=C(O)c2cc([N+](=O)[O-])ccc2N1c1ccc(C(F)(F)F)cc1. The Morgan fingerprint density at radius 1 is 1.18 bits per heavy atom. The highest BCUT2D eigenvalue weighted by atomic mass is 19.4. The minimum atomic E-state index is -4.54. The zero-order valence-electron chi connectivity index (χ0n) is 14.0. The lowest BCUT2D eigenvalue weighted by Gasteiger charge is -2.33. The number of aliphatic hydroxyl groups is 1. The maximum atomic E-state index is 12.8. The largest absolute Gasteiger partial charge is 0.506 e. The molecule has 1 heterocycles. The van der Waals surface area contributed by atoms with Gasteiger partial charge in [0, 0.05) is 23.4 Å². The Labute approximate surface area is 155 Å². The highest BCUT2D eigenvalue weighted by molar-refractivity contribution is 6.08. The summed E-state index contributed by atoms with van der Waals surface area (Å²) in [5.74, 6) is -1.64. The zero-order valence-corrected chi connectivity index (χ0v) is 14.0. The van der Waals surface area contributed by atoms with E-state index < -0.39 is 33.9 Å². The molecule has 1 aliphatic heterocycles. The summed E-state index contributed by atoms with van der Waals surface area (Å²) in [6.07, 6.45) is -4.54. The van der Waals surface area contributed by atoms with Gasteiger partial charge in [-0.2, -0.15) is 13.2 Å². The molecule has 3 N–H and O–H groups in total. The molecule has 0 aromatic heterocycles. The summed E-state index contributed by atoms with van der Waals surface area (Å²) in [5, 5.41) is 21.4. The maximum absolute atomic E-state index is 12.8. The van der Waals surface area contributed by atoms with Gasteiger partial charge in [0.1, 0.15) is 11.3 Å². The molecule has 0 atom stereocenters. The Hall–Kier alpha value is -3.82. The van der Waals surface area contributed by atoms with E-state index in [-0.39, 0.29) is 28.3 Å². The summed E-state index contributed by atoms with van der Waals surface area (Å²) in [4.78, 5) is 23.4. The molecule has 0 saturated carbocycles. The molecule has 28 heavy (non-hydrogen) atoms. The van der Waals surface area contributed by atoms with Crippen LogP contribution in [-0.2, 0) is 11.0 Å². The number of primary amides is 1. The van der Waals surface area contributed by atoms with Crippen LogP contribution in [0.5, 0.6) is 0 Å². The smallest absolute Gasteiger partial charge is 0.416 e. The second-order valence-electron chi connectivity index (χ2n) is 5.87. The first-order chi connectivity index (χ1) is 13.0. The van der Waals surface area contributed by atoms with E-state index in [1.807, 2.05) is 0 Å². The van der Waals surface area contributed by atoms with Gasteiger partial charge in [0.2, 0.25) is 0 Å². The van der Waals surface area contributed by atoms with Crippen molar-refractivity contribution >= 4 is 28.7 Å². The van der Waals surface area contributed by atoms with Crippen LogP contribution in [0.15, 0.2) is 60.3 Å². The van der Waals surface area contributed by atoms with Gasteiger partial charge < -0.3 is 15.7 Å². The summed E-state index contributed by atoms with van der Waals surface area (Å²) < 4.78 is 38.5. The van der Waals surface area contributed by atoms with Crippen molar-refractivity contribution in [1.29, 1.82) is 0 Å². The number of amides is 1. The number of nitrogens with two attached hydrogens (primary N) is 1. The number of hydrogen-bond acceptors (Lipinski definition) is 5. The molecular formula is C18H12F3N3O4. The Bertz CT molecular complexity index is 1040. The monoisotopic (exact) mass is 391 g/mol. The molecule has 0 saturated heterocycles. The van der Waals surface area contributed by atoms with Gasteiger partial charge in [-0.1, -0.05) is 6.58 Å². The standard InChI is InChI=1S/C18H12F3N3O4/c1-9-15(17(22)26)16(25)13-8-12(24(27)28)6-7-14(13)23(9)11-4-2-10(3-5-11)18(19,20)21/h2-8,25H,1H2,(H2,22,26). The van der Waals surface area contributed by atoms with Gasteiger partial charge in [0.25, 0.3) is 11.6 Å². The van der Waals surface area contributed by atoms with Crippen molar-refractivity contribution in [2.45, 2.75) is 6.18 Å². The normalized spacial score (nSPS) is 14.1. The van der Waals surface area contributed by atoms with E-state index in [9.17, 15) is 33.2 Å². The minimum Gasteiger partial charge on any atom is -0.506 e. The quantitative estimate of drug-likeness (QED) is 0.606. The van der Waals surface area contributed by atoms with Crippen LogP contribution >= 0.6 is 0 Å². The van der Waals surface area contributed by atoms with Gasteiger partial charge in [-0.25, -0.2) is 0 Å². The second kappa shape index (κ2) is 6.41. The third-order valence-electron chi connectivity index (χ3n) is 4.18. The number of nitro groups is 1. The van der Waals surface area contributed by atoms with E-state index in [0.29, 0.717) is 0 Å². The number of carbonyl (C=O) groups excluding carboxylic acids is 1. The summed E-state index contributed by atoms with van der Waals surface area (Å²) in [7, 11) is 0. The average molecular weight is 391 g/mol. The van der Waals surface area contributed by atoms with Gasteiger partial charge in [-0.15, -0.1) is 0 Å². The number of aliphatic hydroxyl groups excluding tert-OH is 1. The molecule has 10 heteroatoms. The number of fused-ring (bicyclic) bond motifs is 1. The lowest BCUT2D eigenvalue weighted by molar-refractivity contribution is -0.384. The molecule has 0 bridgehead atoms. The van der Waals surface area contributed by atoms with Crippen LogP contribution in [0.25, 0.3) is 5.76 Å². The number of rotatable bonds is 3. The second-order valence-corrected chi connectivity index (χ2v) is 5.87. The van der Waals surface area contributed by atoms with E-state index in [2.05, 4.69) is 6.58 Å². The summed E-state index contributed by atoms with van der Waals surface area (Å²) >= 11 is 0. The van der Waals surface area contributed by atoms with Crippen LogP contribution in [0.4, 0.5) is 30.2 Å². The van der Waals surface area contributed by atoms with Gasteiger partial charge in [0.15, 0.2) is 0 Å². The number of non-ortho nitro benzene ring substituents is 1. The average Bonchev–Trinajstić information content (AvgIpc) is 2.61. The maximum Gasteiger partial charge on any atom is 0.416 e. The Balaban J connectivity index is 2.22. The van der Waals surface area contributed by atoms with E-state index >= 15 is 0 Å². The van der Waals surface area contributed by atoms with Gasteiger partial charge in [0.05, 0.1) is 21.9 Å². The number of benzene rings is 2.